The van der Waals surface area contributed by atoms with Crippen LogP contribution in [0.4, 0.5) is 5.95 Å². The third-order valence-electron chi connectivity index (χ3n) is 5.82. The number of fused-ring (bicyclic) bond motifs is 1. The first-order valence-corrected chi connectivity index (χ1v) is 11.1. The zero-order valence-corrected chi connectivity index (χ0v) is 20.9. The Morgan fingerprint density at radius 2 is 1.72 bits per heavy atom. The van der Waals surface area contributed by atoms with Gasteiger partial charge in [0.15, 0.2) is 5.96 Å². The lowest BCUT2D eigenvalue weighted by atomic mass is 10.0. The molecule has 0 spiro atoms. The standard InChI is InChI=1S/C23H31N7O.HI/c1-2-24-22(30-13-9-19-6-3-4-7-20(19)18-30)27-12-8-21(31)28-14-16-29(17-15-28)23-25-10-5-11-26-23;/h3-7,10-11H,2,8-9,12-18H2,1H3,(H,24,27);1H. The molecule has 1 saturated heterocycles. The van der Waals surface area contributed by atoms with Crippen LogP contribution in [0.1, 0.15) is 24.5 Å². The van der Waals surface area contributed by atoms with Crippen molar-refractivity contribution in [3.8, 4) is 0 Å². The number of guanidine groups is 1. The number of benzene rings is 1. The molecule has 4 rings (SSSR count). The molecule has 2 aromatic rings. The van der Waals surface area contributed by atoms with E-state index in [1.54, 1.807) is 12.4 Å². The Labute approximate surface area is 207 Å². The molecule has 9 heteroatoms. The van der Waals surface area contributed by atoms with Crippen molar-refractivity contribution in [1.29, 1.82) is 0 Å². The Balaban J connectivity index is 0.00000289. The van der Waals surface area contributed by atoms with Crippen LogP contribution in [0.5, 0.6) is 0 Å². The van der Waals surface area contributed by atoms with Crippen LogP contribution in [-0.2, 0) is 17.8 Å². The zero-order valence-electron chi connectivity index (χ0n) is 18.6. The molecule has 2 aliphatic rings. The van der Waals surface area contributed by atoms with Crippen molar-refractivity contribution in [2.75, 3.05) is 50.7 Å². The van der Waals surface area contributed by atoms with Crippen LogP contribution in [0.2, 0.25) is 0 Å². The molecule has 32 heavy (non-hydrogen) atoms. The molecule has 0 aliphatic carbocycles. The van der Waals surface area contributed by atoms with Crippen molar-refractivity contribution in [2.45, 2.75) is 26.3 Å². The van der Waals surface area contributed by atoms with Crippen molar-refractivity contribution >= 4 is 41.8 Å². The van der Waals surface area contributed by atoms with E-state index in [1.807, 2.05) is 11.0 Å². The van der Waals surface area contributed by atoms with E-state index in [9.17, 15) is 4.79 Å². The van der Waals surface area contributed by atoms with Gasteiger partial charge < -0.3 is 20.0 Å². The maximum Gasteiger partial charge on any atom is 0.225 e. The molecule has 3 heterocycles. The quantitative estimate of drug-likeness (QED) is 0.350. The van der Waals surface area contributed by atoms with Crippen LogP contribution in [0, 0.1) is 0 Å². The first-order valence-electron chi connectivity index (χ1n) is 11.1. The van der Waals surface area contributed by atoms with Crippen molar-refractivity contribution in [3.05, 3.63) is 53.9 Å². The molecule has 1 aromatic carbocycles. The summed E-state index contributed by atoms with van der Waals surface area (Å²) in [5, 5.41) is 3.39. The molecule has 172 valence electrons. The summed E-state index contributed by atoms with van der Waals surface area (Å²) in [5.41, 5.74) is 2.78. The van der Waals surface area contributed by atoms with E-state index in [1.165, 1.54) is 11.1 Å². The Morgan fingerprint density at radius 3 is 2.44 bits per heavy atom. The first-order chi connectivity index (χ1) is 15.2. The van der Waals surface area contributed by atoms with Gasteiger partial charge in [0.1, 0.15) is 0 Å². The first kappa shape index (κ1) is 24.2. The summed E-state index contributed by atoms with van der Waals surface area (Å²) in [6, 6.07) is 10.4. The summed E-state index contributed by atoms with van der Waals surface area (Å²) >= 11 is 0. The average molecular weight is 549 g/mol. The topological polar surface area (TPSA) is 77.0 Å². The minimum absolute atomic E-state index is 0. The third-order valence-corrected chi connectivity index (χ3v) is 5.82. The largest absolute Gasteiger partial charge is 0.357 e. The Kier molecular flexibility index (Phi) is 9.07. The third kappa shape index (κ3) is 6.08. The molecule has 8 nitrogen and oxygen atoms in total. The number of halogens is 1. The monoisotopic (exact) mass is 549 g/mol. The second kappa shape index (κ2) is 12.0. The van der Waals surface area contributed by atoms with Crippen molar-refractivity contribution in [3.63, 3.8) is 0 Å². The van der Waals surface area contributed by atoms with Gasteiger partial charge in [0.05, 0.1) is 6.54 Å². The molecule has 1 fully saturated rings. The van der Waals surface area contributed by atoms with E-state index in [2.05, 4.69) is 56.3 Å². The summed E-state index contributed by atoms with van der Waals surface area (Å²) in [5.74, 6) is 1.80. The summed E-state index contributed by atoms with van der Waals surface area (Å²) < 4.78 is 0. The number of carbonyl (C=O) groups is 1. The average Bonchev–Trinajstić information content (AvgIpc) is 2.84. The molecule has 2 aliphatic heterocycles. The number of piperazine rings is 1. The summed E-state index contributed by atoms with van der Waals surface area (Å²) in [4.78, 5) is 32.4. The number of hydrogen-bond acceptors (Lipinski definition) is 5. The van der Waals surface area contributed by atoms with Crippen LogP contribution in [0.3, 0.4) is 0 Å². The predicted molar refractivity (Wildman–Crippen MR) is 137 cm³/mol. The normalized spacial score (nSPS) is 16.3. The van der Waals surface area contributed by atoms with E-state index in [-0.39, 0.29) is 29.9 Å². The fraction of sp³-hybridized carbons (Fsp3) is 0.478. The lowest BCUT2D eigenvalue weighted by Crippen LogP contribution is -2.49. The number of carbonyl (C=O) groups excluding carboxylic acids is 1. The molecular formula is C23H32IN7O. The van der Waals surface area contributed by atoms with Crippen LogP contribution in [0.25, 0.3) is 0 Å². The van der Waals surface area contributed by atoms with Crippen LogP contribution in [0.15, 0.2) is 47.7 Å². The number of nitrogens with one attached hydrogen (secondary N) is 1. The highest BCUT2D eigenvalue weighted by Crippen LogP contribution is 2.18. The highest BCUT2D eigenvalue weighted by molar-refractivity contribution is 14.0. The minimum Gasteiger partial charge on any atom is -0.357 e. The molecule has 0 saturated carbocycles. The van der Waals surface area contributed by atoms with E-state index in [4.69, 9.17) is 4.99 Å². The molecule has 0 atom stereocenters. The summed E-state index contributed by atoms with van der Waals surface area (Å²) in [7, 11) is 0. The van der Waals surface area contributed by atoms with Gasteiger partial charge in [0, 0.05) is 64.6 Å². The maximum atomic E-state index is 12.7. The second-order valence-corrected chi connectivity index (χ2v) is 7.84. The van der Waals surface area contributed by atoms with E-state index in [0.29, 0.717) is 26.1 Å². The summed E-state index contributed by atoms with van der Waals surface area (Å²) in [6.45, 7) is 8.11. The summed E-state index contributed by atoms with van der Waals surface area (Å²) in [6.07, 6.45) is 4.96. The lowest BCUT2D eigenvalue weighted by Gasteiger charge is -2.34. The zero-order chi connectivity index (χ0) is 21.5. The number of aromatic nitrogens is 2. The van der Waals surface area contributed by atoms with Crippen molar-refractivity contribution in [2.24, 2.45) is 4.99 Å². The van der Waals surface area contributed by atoms with Gasteiger partial charge in [0.2, 0.25) is 11.9 Å². The lowest BCUT2D eigenvalue weighted by molar-refractivity contribution is -0.131. The molecule has 1 amide bonds. The van der Waals surface area contributed by atoms with E-state index < -0.39 is 0 Å². The smallest absolute Gasteiger partial charge is 0.225 e. The highest BCUT2D eigenvalue weighted by atomic mass is 127. The molecule has 0 radical (unpaired) electrons. The SMILES string of the molecule is CCNC(=NCCC(=O)N1CCN(c2ncccn2)CC1)N1CCc2ccccc2C1.I. The fourth-order valence-corrected chi connectivity index (χ4v) is 4.13. The van der Waals surface area contributed by atoms with Crippen LogP contribution >= 0.6 is 24.0 Å². The number of rotatable bonds is 5. The van der Waals surface area contributed by atoms with Gasteiger partial charge in [0.25, 0.3) is 0 Å². The minimum atomic E-state index is 0. The van der Waals surface area contributed by atoms with Gasteiger partial charge in [-0.3, -0.25) is 9.79 Å². The number of aliphatic imine (C=N–C) groups is 1. The fourth-order valence-electron chi connectivity index (χ4n) is 4.13. The Bertz CT molecular complexity index is 900. The number of amides is 1. The Morgan fingerprint density at radius 1 is 1.00 bits per heavy atom. The van der Waals surface area contributed by atoms with Crippen molar-refractivity contribution in [1.82, 2.24) is 25.1 Å². The van der Waals surface area contributed by atoms with Crippen LogP contribution < -0.4 is 10.2 Å². The number of anilines is 1. The molecule has 0 unspecified atom stereocenters. The predicted octanol–water partition coefficient (Wildman–Crippen LogP) is 2.16. The second-order valence-electron chi connectivity index (χ2n) is 7.84. The molecule has 0 bridgehead atoms. The van der Waals surface area contributed by atoms with Gasteiger partial charge in [-0.25, -0.2) is 9.97 Å². The van der Waals surface area contributed by atoms with Gasteiger partial charge in [-0.15, -0.1) is 24.0 Å². The van der Waals surface area contributed by atoms with Gasteiger partial charge in [-0.1, -0.05) is 24.3 Å². The Hall–Kier alpha value is -2.43. The van der Waals surface area contributed by atoms with Gasteiger partial charge in [-0.05, 0) is 30.5 Å². The van der Waals surface area contributed by atoms with Crippen molar-refractivity contribution < 1.29 is 4.79 Å². The van der Waals surface area contributed by atoms with E-state index in [0.717, 1.165) is 51.1 Å². The molecular weight excluding hydrogens is 517 g/mol. The van der Waals surface area contributed by atoms with Gasteiger partial charge >= 0.3 is 0 Å². The number of hydrogen-bond donors (Lipinski definition) is 1. The molecule has 1 aromatic heterocycles. The maximum absolute atomic E-state index is 12.7. The molecule has 1 N–H and O–H groups in total. The van der Waals surface area contributed by atoms with Crippen LogP contribution in [-0.4, -0.2) is 77.4 Å². The van der Waals surface area contributed by atoms with Gasteiger partial charge in [-0.2, -0.15) is 0 Å². The highest BCUT2D eigenvalue weighted by Gasteiger charge is 2.22. The number of nitrogens with zero attached hydrogens (tertiary/aromatic N) is 6. The van der Waals surface area contributed by atoms with E-state index >= 15 is 0 Å².